The molecule has 3 N–H and O–H groups in total. The summed E-state index contributed by atoms with van der Waals surface area (Å²) in [6.07, 6.45) is 1.41. The highest BCUT2D eigenvalue weighted by Crippen LogP contribution is 2.26. The van der Waals surface area contributed by atoms with Gasteiger partial charge in [-0.25, -0.2) is 9.97 Å². The number of nitrogens with zero attached hydrogens (tertiary/aromatic N) is 4. The molecule has 1 unspecified atom stereocenters. The van der Waals surface area contributed by atoms with Crippen LogP contribution in [0.1, 0.15) is 24.4 Å². The number of rotatable bonds is 4. The van der Waals surface area contributed by atoms with Crippen LogP contribution in [0.25, 0.3) is 16.6 Å². The Morgan fingerprint density at radius 1 is 1.20 bits per heavy atom. The molecule has 0 amide bonds. The number of hydrogen-bond donors (Lipinski definition) is 2. The third-order valence-corrected chi connectivity index (χ3v) is 5.01. The van der Waals surface area contributed by atoms with Gasteiger partial charge in [-0.05, 0) is 31.2 Å². The number of para-hydroxylation sites is 1. The van der Waals surface area contributed by atoms with Crippen molar-refractivity contribution in [3.05, 3.63) is 87.6 Å². The number of halogens is 1. The molecule has 0 saturated heterocycles. The van der Waals surface area contributed by atoms with E-state index in [1.54, 1.807) is 24.3 Å². The van der Waals surface area contributed by atoms with Crippen molar-refractivity contribution in [2.75, 3.05) is 11.1 Å². The van der Waals surface area contributed by atoms with E-state index < -0.39 is 6.04 Å². The van der Waals surface area contributed by atoms with Crippen LogP contribution >= 0.6 is 11.6 Å². The molecule has 0 aliphatic rings. The van der Waals surface area contributed by atoms with Gasteiger partial charge in [-0.2, -0.15) is 5.26 Å². The number of aromatic nitrogens is 3. The molecule has 8 heteroatoms. The van der Waals surface area contributed by atoms with E-state index in [4.69, 9.17) is 22.3 Å². The zero-order chi connectivity index (χ0) is 21.3. The zero-order valence-corrected chi connectivity index (χ0v) is 16.8. The Labute approximate surface area is 177 Å². The van der Waals surface area contributed by atoms with E-state index in [1.807, 2.05) is 37.3 Å². The van der Waals surface area contributed by atoms with Gasteiger partial charge in [-0.3, -0.25) is 9.36 Å². The van der Waals surface area contributed by atoms with Crippen LogP contribution < -0.4 is 16.6 Å². The summed E-state index contributed by atoms with van der Waals surface area (Å²) in [4.78, 5) is 22.1. The van der Waals surface area contributed by atoms with Crippen LogP contribution in [-0.4, -0.2) is 14.5 Å². The quantitative estimate of drug-likeness (QED) is 0.519. The summed E-state index contributed by atoms with van der Waals surface area (Å²) >= 11 is 6.31. The van der Waals surface area contributed by atoms with Crippen LogP contribution in [0.3, 0.4) is 0 Å². The Morgan fingerprint density at radius 2 is 1.97 bits per heavy atom. The monoisotopic (exact) mass is 416 g/mol. The molecule has 0 aliphatic heterocycles. The SMILES string of the molecule is CC(Nc1cc(N)ncc1C#N)c1nc2cccc(Cl)c2c(=O)n1-c1ccccc1. The average Bonchev–Trinajstić information content (AvgIpc) is 2.74. The zero-order valence-electron chi connectivity index (χ0n) is 16.0. The molecule has 7 nitrogen and oxygen atoms in total. The molecule has 0 bridgehead atoms. The first-order valence-electron chi connectivity index (χ1n) is 9.18. The Bertz CT molecular complexity index is 1340. The number of pyridine rings is 1. The van der Waals surface area contributed by atoms with Gasteiger partial charge in [0.25, 0.3) is 5.56 Å². The maximum Gasteiger partial charge on any atom is 0.267 e. The van der Waals surface area contributed by atoms with E-state index in [1.165, 1.54) is 10.8 Å². The van der Waals surface area contributed by atoms with Crippen molar-refractivity contribution in [3.8, 4) is 11.8 Å². The summed E-state index contributed by atoms with van der Waals surface area (Å²) in [6.45, 7) is 1.86. The topological polar surface area (TPSA) is 110 Å². The molecule has 2 aromatic heterocycles. The molecule has 0 fully saturated rings. The molecular weight excluding hydrogens is 400 g/mol. The van der Waals surface area contributed by atoms with Crippen molar-refractivity contribution in [1.82, 2.24) is 14.5 Å². The van der Waals surface area contributed by atoms with Gasteiger partial charge in [0, 0.05) is 12.3 Å². The molecule has 30 heavy (non-hydrogen) atoms. The molecule has 148 valence electrons. The summed E-state index contributed by atoms with van der Waals surface area (Å²) in [5.74, 6) is 0.752. The number of nitrogen functional groups attached to an aromatic ring is 1. The predicted octanol–water partition coefficient (Wildman–Crippen LogP) is 4.06. The van der Waals surface area contributed by atoms with E-state index in [0.717, 1.165) is 0 Å². The first-order chi connectivity index (χ1) is 14.5. The normalized spacial score (nSPS) is 11.8. The van der Waals surface area contributed by atoms with Gasteiger partial charge in [-0.1, -0.05) is 35.9 Å². The molecule has 4 aromatic rings. The molecule has 0 spiro atoms. The van der Waals surface area contributed by atoms with E-state index in [2.05, 4.69) is 16.4 Å². The Balaban J connectivity index is 1.93. The van der Waals surface area contributed by atoms with Crippen molar-refractivity contribution in [2.45, 2.75) is 13.0 Å². The van der Waals surface area contributed by atoms with E-state index in [9.17, 15) is 10.1 Å². The smallest absolute Gasteiger partial charge is 0.267 e. The minimum Gasteiger partial charge on any atom is -0.384 e. The highest BCUT2D eigenvalue weighted by Gasteiger charge is 2.20. The standard InChI is InChI=1S/C22H17ClN6O/c1-13(27-18-10-19(25)26-12-14(18)11-24)21-28-17-9-5-8-16(23)20(17)22(30)29(21)15-6-3-2-4-7-15/h2-10,12-13H,1H3,(H3,25,26,27). The third kappa shape index (κ3) is 3.45. The number of hydrogen-bond acceptors (Lipinski definition) is 6. The number of nitrogens with two attached hydrogens (primary N) is 1. The number of benzene rings is 2. The fourth-order valence-electron chi connectivity index (χ4n) is 3.30. The Morgan fingerprint density at radius 3 is 2.70 bits per heavy atom. The number of nitrogens with one attached hydrogen (secondary N) is 1. The van der Waals surface area contributed by atoms with Crippen molar-refractivity contribution in [3.63, 3.8) is 0 Å². The largest absolute Gasteiger partial charge is 0.384 e. The van der Waals surface area contributed by atoms with E-state index in [0.29, 0.717) is 38.7 Å². The van der Waals surface area contributed by atoms with Crippen LogP contribution in [0.15, 0.2) is 65.6 Å². The van der Waals surface area contributed by atoms with E-state index in [-0.39, 0.29) is 11.4 Å². The van der Waals surface area contributed by atoms with Crippen LogP contribution in [0.4, 0.5) is 11.5 Å². The van der Waals surface area contributed by atoms with Gasteiger partial charge in [0.2, 0.25) is 0 Å². The summed E-state index contributed by atoms with van der Waals surface area (Å²) in [5, 5.41) is 13.3. The lowest BCUT2D eigenvalue weighted by Crippen LogP contribution is -2.27. The van der Waals surface area contributed by atoms with Gasteiger partial charge in [0.15, 0.2) is 0 Å². The summed E-state index contributed by atoms with van der Waals surface area (Å²) in [6, 6.07) is 17.6. The predicted molar refractivity (Wildman–Crippen MR) is 118 cm³/mol. The van der Waals surface area contributed by atoms with Crippen molar-refractivity contribution < 1.29 is 0 Å². The van der Waals surface area contributed by atoms with Gasteiger partial charge in [0.05, 0.1) is 38.9 Å². The maximum absolute atomic E-state index is 13.4. The summed E-state index contributed by atoms with van der Waals surface area (Å²) in [5.41, 5.74) is 7.53. The van der Waals surface area contributed by atoms with Crippen LogP contribution in [0.2, 0.25) is 5.02 Å². The van der Waals surface area contributed by atoms with Crippen LogP contribution in [-0.2, 0) is 0 Å². The van der Waals surface area contributed by atoms with Crippen molar-refractivity contribution in [2.24, 2.45) is 0 Å². The molecule has 0 radical (unpaired) electrons. The summed E-state index contributed by atoms with van der Waals surface area (Å²) in [7, 11) is 0. The lowest BCUT2D eigenvalue weighted by atomic mass is 10.1. The average molecular weight is 417 g/mol. The molecule has 0 aliphatic carbocycles. The maximum atomic E-state index is 13.4. The molecule has 1 atom stereocenters. The van der Waals surface area contributed by atoms with Gasteiger partial charge >= 0.3 is 0 Å². The lowest BCUT2D eigenvalue weighted by molar-refractivity contribution is 0.734. The van der Waals surface area contributed by atoms with Crippen molar-refractivity contribution >= 4 is 34.0 Å². The van der Waals surface area contributed by atoms with Gasteiger partial charge in [0.1, 0.15) is 17.7 Å². The fraction of sp³-hybridized carbons (Fsp3) is 0.0909. The molecular formula is C22H17ClN6O. The second-order valence-corrected chi connectivity index (χ2v) is 7.12. The number of nitriles is 1. The molecule has 2 heterocycles. The highest BCUT2D eigenvalue weighted by atomic mass is 35.5. The second-order valence-electron chi connectivity index (χ2n) is 6.71. The number of anilines is 2. The third-order valence-electron chi connectivity index (χ3n) is 4.69. The minimum atomic E-state index is -0.435. The van der Waals surface area contributed by atoms with E-state index >= 15 is 0 Å². The second kappa shape index (κ2) is 7.85. The van der Waals surface area contributed by atoms with Gasteiger partial charge in [-0.15, -0.1) is 0 Å². The lowest BCUT2D eigenvalue weighted by Gasteiger charge is -2.21. The fourth-order valence-corrected chi connectivity index (χ4v) is 3.55. The van der Waals surface area contributed by atoms with Crippen molar-refractivity contribution in [1.29, 1.82) is 5.26 Å². The first-order valence-corrected chi connectivity index (χ1v) is 9.56. The summed E-state index contributed by atoms with van der Waals surface area (Å²) < 4.78 is 1.53. The minimum absolute atomic E-state index is 0.268. The molecule has 4 rings (SSSR count). The molecule has 2 aromatic carbocycles. The Kier molecular flexibility index (Phi) is 5.09. The Hall–Kier alpha value is -3.89. The highest BCUT2D eigenvalue weighted by molar-refractivity contribution is 6.35. The molecule has 0 saturated carbocycles. The van der Waals surface area contributed by atoms with Crippen LogP contribution in [0, 0.1) is 11.3 Å². The van der Waals surface area contributed by atoms with Gasteiger partial charge < -0.3 is 11.1 Å². The number of fused-ring (bicyclic) bond motifs is 1. The van der Waals surface area contributed by atoms with Crippen LogP contribution in [0.5, 0.6) is 0 Å². The first kappa shape index (κ1) is 19.4.